The Balaban J connectivity index is 1.34. The fourth-order valence-electron chi connectivity index (χ4n) is 3.84. The Hall–Kier alpha value is -2.59. The summed E-state index contributed by atoms with van der Waals surface area (Å²) in [6, 6.07) is 0. The Morgan fingerprint density at radius 3 is 2.17 bits per heavy atom. The molecular formula is C18H24N6O18P4. The number of hydrogen-bond donors (Lipinski definition) is 8. The monoisotopic (exact) mass is 736 g/mol. The molecule has 1 saturated heterocycles. The van der Waals surface area contributed by atoms with Crippen LogP contribution in [0, 0.1) is 6.92 Å². The molecule has 4 rings (SSSR count). The molecule has 0 bridgehead atoms. The third-order valence-electron chi connectivity index (χ3n) is 5.88. The van der Waals surface area contributed by atoms with Gasteiger partial charge in [0, 0.05) is 11.8 Å². The lowest BCUT2D eigenvalue weighted by Crippen LogP contribution is -2.33. The number of aromatic nitrogens is 5. The third-order valence-corrected chi connectivity index (χ3v) is 11.8. The van der Waals surface area contributed by atoms with Gasteiger partial charge in [-0.05, 0) is 6.92 Å². The molecule has 1 aliphatic rings. The quantitative estimate of drug-likeness (QED) is 0.0793. The summed E-state index contributed by atoms with van der Waals surface area (Å²) in [6.07, 6.45) is -3.09. The van der Waals surface area contributed by atoms with Gasteiger partial charge in [-0.1, -0.05) is 0 Å². The van der Waals surface area contributed by atoms with Crippen molar-refractivity contribution in [3.05, 3.63) is 35.7 Å². The van der Waals surface area contributed by atoms with Crippen LogP contribution in [0.5, 0.6) is 5.75 Å². The van der Waals surface area contributed by atoms with E-state index in [1.165, 1.54) is 6.92 Å². The van der Waals surface area contributed by atoms with Gasteiger partial charge in [0.05, 0.1) is 30.8 Å². The maximum absolute atomic E-state index is 12.3. The highest BCUT2D eigenvalue weighted by molar-refractivity contribution is 7.69. The van der Waals surface area contributed by atoms with E-state index in [9.17, 15) is 57.9 Å². The number of nitrogens with two attached hydrogens (primary N) is 1. The number of hydrogen-bond acceptors (Lipinski definition) is 19. The normalized spacial score (nSPS) is 25.4. The Morgan fingerprint density at radius 1 is 0.935 bits per heavy atom. The van der Waals surface area contributed by atoms with Crippen LogP contribution in [0.1, 0.15) is 27.8 Å². The molecule has 4 unspecified atom stereocenters. The van der Waals surface area contributed by atoms with E-state index in [4.69, 9.17) is 10.5 Å². The van der Waals surface area contributed by atoms with Crippen molar-refractivity contribution in [1.82, 2.24) is 24.5 Å². The molecule has 0 amide bonds. The smallest absolute Gasteiger partial charge is 0.490 e. The number of aliphatic hydroxyl groups is 2. The molecule has 0 aromatic carbocycles. The van der Waals surface area contributed by atoms with Gasteiger partial charge in [-0.15, -0.1) is 0 Å². The van der Waals surface area contributed by atoms with Crippen LogP contribution in [0.3, 0.4) is 0 Å². The highest BCUT2D eigenvalue weighted by atomic mass is 31.3. The molecule has 4 heterocycles. The first kappa shape index (κ1) is 36.2. The minimum Gasteiger partial charge on any atom is -0.505 e. The topological polar surface area (TPSA) is 365 Å². The minimum atomic E-state index is -6.14. The fraction of sp³-hybridized carbons (Fsp3) is 0.389. The molecule has 254 valence electrons. The zero-order chi connectivity index (χ0) is 34.2. The van der Waals surface area contributed by atoms with Crippen molar-refractivity contribution >= 4 is 54.6 Å². The zero-order valence-electron chi connectivity index (χ0n) is 22.8. The number of imidazole rings is 1. The lowest BCUT2D eigenvalue weighted by atomic mass is 10.1. The van der Waals surface area contributed by atoms with Gasteiger partial charge in [0.25, 0.3) is 0 Å². The average molecular weight is 736 g/mol. The SMILES string of the molecule is Cc1ncc(COP(=O)(O)OP(=O)(O)OP(=O)(O)OP(=O)(O)OC[C@H]2O[C@@H](n3cnc4c(N)ncnc43)[C@H](O)[C@@H]2O)c(C=O)c1O. The molecule has 0 spiro atoms. The summed E-state index contributed by atoms with van der Waals surface area (Å²) in [7, 11) is -23.7. The number of phosphoric ester groups is 2. The summed E-state index contributed by atoms with van der Waals surface area (Å²) in [5.74, 6) is -0.598. The third kappa shape index (κ3) is 8.46. The van der Waals surface area contributed by atoms with E-state index in [1.807, 2.05) is 0 Å². The number of aryl methyl sites for hydroxylation is 1. The van der Waals surface area contributed by atoms with Gasteiger partial charge in [-0.25, -0.2) is 33.2 Å². The average Bonchev–Trinajstić information content (AvgIpc) is 3.47. The largest absolute Gasteiger partial charge is 0.505 e. The molecule has 1 aliphatic heterocycles. The fourth-order valence-corrected chi connectivity index (χ4v) is 8.76. The highest BCUT2D eigenvalue weighted by Gasteiger charge is 2.48. The van der Waals surface area contributed by atoms with Crippen molar-refractivity contribution in [2.45, 2.75) is 38.1 Å². The summed E-state index contributed by atoms with van der Waals surface area (Å²) in [6.45, 7) is -0.772. The number of rotatable bonds is 14. The lowest BCUT2D eigenvalue weighted by molar-refractivity contribution is -0.0503. The molecule has 46 heavy (non-hydrogen) atoms. The van der Waals surface area contributed by atoms with E-state index < -0.39 is 80.4 Å². The molecule has 28 heteroatoms. The molecule has 3 aromatic heterocycles. The summed E-state index contributed by atoms with van der Waals surface area (Å²) in [5, 5.41) is 30.6. The van der Waals surface area contributed by atoms with Crippen LogP contribution in [-0.2, 0) is 51.6 Å². The van der Waals surface area contributed by atoms with E-state index in [0.29, 0.717) is 0 Å². The number of aliphatic hydroxyl groups excluding tert-OH is 2. The lowest BCUT2D eigenvalue weighted by Gasteiger charge is -2.21. The first-order chi connectivity index (χ1) is 21.2. The Labute approximate surface area is 255 Å². The van der Waals surface area contributed by atoms with Crippen molar-refractivity contribution in [1.29, 1.82) is 0 Å². The zero-order valence-corrected chi connectivity index (χ0v) is 26.3. The van der Waals surface area contributed by atoms with Crippen molar-refractivity contribution in [3.8, 4) is 5.75 Å². The summed E-state index contributed by atoms with van der Waals surface area (Å²) in [5.41, 5.74) is 5.27. The first-order valence-electron chi connectivity index (χ1n) is 12.1. The van der Waals surface area contributed by atoms with Crippen molar-refractivity contribution in [2.24, 2.45) is 0 Å². The number of nitrogens with zero attached hydrogens (tertiary/aromatic N) is 5. The van der Waals surface area contributed by atoms with E-state index in [0.717, 1.165) is 23.4 Å². The Bertz CT molecular complexity index is 1820. The summed E-state index contributed by atoms with van der Waals surface area (Å²) >= 11 is 0. The van der Waals surface area contributed by atoms with Crippen LogP contribution >= 0.6 is 31.3 Å². The van der Waals surface area contributed by atoms with E-state index in [2.05, 4.69) is 41.9 Å². The van der Waals surface area contributed by atoms with Crippen molar-refractivity contribution < 1.29 is 84.7 Å². The molecule has 3 aromatic rings. The van der Waals surface area contributed by atoms with E-state index in [-0.39, 0.29) is 34.5 Å². The number of pyridine rings is 1. The van der Waals surface area contributed by atoms with Gasteiger partial charge in [0.1, 0.15) is 35.9 Å². The predicted molar refractivity (Wildman–Crippen MR) is 145 cm³/mol. The summed E-state index contributed by atoms with van der Waals surface area (Å²) in [4.78, 5) is 65.7. The number of aromatic hydroxyl groups is 1. The molecular weight excluding hydrogens is 712 g/mol. The number of anilines is 1. The Kier molecular flexibility index (Phi) is 10.6. The number of aldehydes is 1. The second-order valence-electron chi connectivity index (χ2n) is 9.07. The van der Waals surface area contributed by atoms with Crippen LogP contribution in [-0.4, -0.2) is 90.6 Å². The molecule has 8 atom stereocenters. The number of carbonyl (C=O) groups is 1. The second kappa shape index (κ2) is 13.5. The molecule has 0 saturated carbocycles. The van der Waals surface area contributed by atoms with Gasteiger partial charge in [0.15, 0.2) is 24.0 Å². The van der Waals surface area contributed by atoms with Gasteiger partial charge in [-0.3, -0.25) is 23.4 Å². The van der Waals surface area contributed by atoms with Crippen molar-refractivity contribution in [3.63, 3.8) is 0 Å². The van der Waals surface area contributed by atoms with Crippen LogP contribution in [0.4, 0.5) is 5.82 Å². The predicted octanol–water partition coefficient (Wildman–Crippen LogP) is -0.0660. The van der Waals surface area contributed by atoms with Crippen LogP contribution in [0.15, 0.2) is 18.9 Å². The number of fused-ring (bicyclic) bond motifs is 1. The summed E-state index contributed by atoms with van der Waals surface area (Å²) < 4.78 is 75.8. The highest BCUT2D eigenvalue weighted by Crippen LogP contribution is 2.71. The molecule has 1 fully saturated rings. The maximum atomic E-state index is 12.3. The molecule has 0 radical (unpaired) electrons. The molecule has 9 N–H and O–H groups in total. The standard InChI is InChI=1S/C18H24N6O18P4/c1-8-13(26)10(3-25)9(2-20-8)4-37-43(29,30)40-45(33,34)42-46(35,36)41-44(31,32)38-5-11-14(27)15(28)18(39-11)24-7-23-12-16(19)21-6-22-17(12)24/h2-3,6-7,11,14-15,18,26-28H,4-5H2,1H3,(H,29,30)(H,31,32)(H,33,34)(H,35,36)(H2,19,21,22)/t11-,14-,15-,18-/m1/s1. The van der Waals surface area contributed by atoms with E-state index >= 15 is 0 Å². The van der Waals surface area contributed by atoms with Crippen molar-refractivity contribution in [2.75, 3.05) is 12.3 Å². The number of ether oxygens (including phenoxy) is 1. The number of nitrogen functional groups attached to an aromatic ring is 1. The number of phosphoric acid groups is 4. The Morgan fingerprint density at radius 2 is 1.54 bits per heavy atom. The second-order valence-corrected chi connectivity index (χ2v) is 15.3. The molecule has 0 aliphatic carbocycles. The van der Waals surface area contributed by atoms with Gasteiger partial charge < -0.3 is 45.4 Å². The number of carbonyl (C=O) groups excluding carboxylic acids is 1. The van der Waals surface area contributed by atoms with Crippen LogP contribution in [0.2, 0.25) is 0 Å². The van der Waals surface area contributed by atoms with Gasteiger partial charge in [-0.2, -0.15) is 12.9 Å². The first-order valence-corrected chi connectivity index (χ1v) is 18.0. The van der Waals surface area contributed by atoms with Gasteiger partial charge >= 0.3 is 31.3 Å². The minimum absolute atomic E-state index is 0.00743. The van der Waals surface area contributed by atoms with Gasteiger partial charge in [0.2, 0.25) is 0 Å². The van der Waals surface area contributed by atoms with E-state index in [1.54, 1.807) is 0 Å². The maximum Gasteiger partial charge on any atom is 0.490 e. The molecule has 24 nitrogen and oxygen atoms in total. The van der Waals surface area contributed by atoms with Crippen LogP contribution in [0.25, 0.3) is 11.2 Å². The van der Waals surface area contributed by atoms with Crippen LogP contribution < -0.4 is 5.73 Å².